The summed E-state index contributed by atoms with van der Waals surface area (Å²) in [6.45, 7) is 8.31. The van der Waals surface area contributed by atoms with Gasteiger partial charge in [-0.1, -0.05) is 31.8 Å². The van der Waals surface area contributed by atoms with Gasteiger partial charge in [0.1, 0.15) is 7.05 Å². The Kier molecular flexibility index (Phi) is 3.18. The molecule has 0 bridgehead atoms. The molecule has 1 nitrogen and oxygen atoms in total. The second kappa shape index (κ2) is 5.30. The van der Waals surface area contributed by atoms with Crippen LogP contribution in [0, 0.1) is 6.92 Å². The van der Waals surface area contributed by atoms with Crippen LogP contribution in [-0.2, 0) is 13.0 Å². The quantitative estimate of drug-likeness (QED) is 0.589. The van der Waals surface area contributed by atoms with Crippen LogP contribution in [0.3, 0.4) is 0 Å². The molecule has 0 unspecified atom stereocenters. The Bertz CT molecular complexity index is 660. The van der Waals surface area contributed by atoms with Crippen molar-refractivity contribution in [2.24, 2.45) is 7.05 Å². The van der Waals surface area contributed by atoms with Gasteiger partial charge in [0.15, 0.2) is 6.20 Å². The summed E-state index contributed by atoms with van der Waals surface area (Å²) >= 11 is 0. The van der Waals surface area contributed by atoms with Gasteiger partial charge in [0.2, 0.25) is 5.69 Å². The first-order chi connectivity index (χ1) is 9.64. The molecule has 100 valence electrons. The predicted octanol–water partition coefficient (Wildman–Crippen LogP) is 3.91. The molecule has 19 heavy (non-hydrogen) atoms. The first-order valence-corrected chi connectivity index (χ1v) is 10.2. The Labute approximate surface area is 120 Å². The molecule has 0 saturated carbocycles. The lowest BCUT2D eigenvalue weighted by Crippen LogP contribution is -2.30. The Morgan fingerprint density at radius 3 is 2.53 bits per heavy atom. The Hall–Kier alpha value is -1.41. The van der Waals surface area contributed by atoms with Gasteiger partial charge in [-0.05, 0) is 36.2 Å². The molecule has 0 aliphatic rings. The lowest BCUT2D eigenvalue weighted by molar-refractivity contribution is -0.660. The highest BCUT2D eigenvalue weighted by Crippen LogP contribution is 2.23. The third kappa shape index (κ3) is 3.54. The second-order valence-corrected chi connectivity index (χ2v) is 10.9. The van der Waals surface area contributed by atoms with Crippen molar-refractivity contribution in [2.45, 2.75) is 32.6 Å². The Morgan fingerprint density at radius 2 is 1.89 bits per heavy atom. The van der Waals surface area contributed by atoms with E-state index in [1.165, 1.54) is 5.56 Å². The number of aromatic nitrogens is 1. The van der Waals surface area contributed by atoms with E-state index in [1.807, 2.05) is 43.6 Å². The molecule has 0 aliphatic carbocycles. The molecule has 1 aromatic carbocycles. The summed E-state index contributed by atoms with van der Waals surface area (Å²) in [5, 5.41) is 0. The van der Waals surface area contributed by atoms with Gasteiger partial charge in [0, 0.05) is 28.5 Å². The van der Waals surface area contributed by atoms with E-state index < -0.39 is 14.1 Å². The van der Waals surface area contributed by atoms with Crippen LogP contribution in [0.4, 0.5) is 0 Å². The van der Waals surface area contributed by atoms with Gasteiger partial charge in [-0.15, -0.1) is 0 Å². The lowest BCUT2D eigenvalue weighted by atomic mass is 10.0. The summed E-state index contributed by atoms with van der Waals surface area (Å²) in [6.07, 6.45) is 2.02. The zero-order valence-electron chi connectivity index (χ0n) is 14.5. The van der Waals surface area contributed by atoms with Gasteiger partial charge in [0.05, 0.1) is 0 Å². The molecule has 2 aromatic rings. The van der Waals surface area contributed by atoms with Gasteiger partial charge >= 0.3 is 0 Å². The average Bonchev–Trinajstić information content (AvgIpc) is 2.38. The molecule has 1 aromatic heterocycles. The molecular weight excluding hydrogens is 246 g/mol. The molecule has 0 saturated heterocycles. The van der Waals surface area contributed by atoms with Crippen LogP contribution in [0.1, 0.15) is 13.9 Å². The zero-order valence-corrected chi connectivity index (χ0v) is 13.5. The summed E-state index contributed by atoms with van der Waals surface area (Å²) in [4.78, 5) is 0. The summed E-state index contributed by atoms with van der Waals surface area (Å²) in [5.41, 5.74) is 4.19. The topological polar surface area (TPSA) is 3.88 Å². The van der Waals surface area contributed by atoms with E-state index in [2.05, 4.69) is 37.2 Å². The fourth-order valence-electron chi connectivity index (χ4n) is 2.21. The number of pyridine rings is 1. The summed E-state index contributed by atoms with van der Waals surface area (Å²) < 4.78 is 19.1. The number of rotatable bonds is 3. The molecule has 0 radical (unpaired) electrons. The van der Waals surface area contributed by atoms with Crippen LogP contribution in [0.25, 0.3) is 11.3 Å². The molecule has 0 fully saturated rings. The second-order valence-electron chi connectivity index (χ2n) is 6.10. The summed E-state index contributed by atoms with van der Waals surface area (Å²) in [6, 6.07) is 12.1. The van der Waals surface area contributed by atoms with E-state index in [4.69, 9.17) is 2.74 Å². The van der Waals surface area contributed by atoms with Gasteiger partial charge in [-0.3, -0.25) is 0 Å². The minimum Gasteiger partial charge on any atom is -0.201 e. The van der Waals surface area contributed by atoms with E-state index >= 15 is 0 Å². The maximum Gasteiger partial charge on any atom is 0.212 e. The van der Waals surface area contributed by atoms with E-state index in [0.717, 1.165) is 16.8 Å². The minimum atomic E-state index is -1.95. The molecule has 0 amide bonds. The largest absolute Gasteiger partial charge is 0.212 e. The van der Waals surface area contributed by atoms with Crippen molar-refractivity contribution in [2.75, 3.05) is 0 Å². The van der Waals surface area contributed by atoms with Crippen molar-refractivity contribution in [3.63, 3.8) is 0 Å². The van der Waals surface area contributed by atoms with Crippen molar-refractivity contribution in [1.29, 1.82) is 0 Å². The highest BCUT2D eigenvalue weighted by molar-refractivity contribution is 6.75. The Morgan fingerprint density at radius 1 is 1.16 bits per heavy atom. The van der Waals surface area contributed by atoms with Crippen molar-refractivity contribution in [3.05, 3.63) is 53.7 Å². The summed E-state index contributed by atoms with van der Waals surface area (Å²) in [7, 11) is 0.0684. The molecule has 0 N–H and O–H groups in total. The molecule has 2 rings (SSSR count). The molecule has 0 atom stereocenters. The van der Waals surface area contributed by atoms with Crippen molar-refractivity contribution < 1.29 is 7.31 Å². The van der Waals surface area contributed by atoms with Crippen molar-refractivity contribution >= 4 is 8.07 Å². The molecule has 1 heterocycles. The van der Waals surface area contributed by atoms with E-state index in [0.29, 0.717) is 0 Å². The number of hydrogen-bond donors (Lipinski definition) is 0. The van der Waals surface area contributed by atoms with Gasteiger partial charge < -0.3 is 0 Å². The Balaban J connectivity index is 2.61. The standard InChI is InChI=1S/C17H24NSi/c1-14-9-10-15(13-19(3,4)5)12-16(14)17-8-6-7-11-18(17)2/h6-12H,13H2,1-5H3/q+1/i13D2. The third-order valence-electron chi connectivity index (χ3n) is 3.09. The molecule has 0 aliphatic heterocycles. The van der Waals surface area contributed by atoms with Gasteiger partial charge in [-0.25, -0.2) is 4.57 Å². The van der Waals surface area contributed by atoms with E-state index in [9.17, 15) is 0 Å². The first-order valence-electron chi connectivity index (χ1n) is 7.71. The predicted molar refractivity (Wildman–Crippen MR) is 84.8 cm³/mol. The van der Waals surface area contributed by atoms with E-state index in [1.54, 1.807) is 0 Å². The van der Waals surface area contributed by atoms with Crippen LogP contribution in [0.5, 0.6) is 0 Å². The fraction of sp³-hybridized carbons (Fsp3) is 0.353. The maximum atomic E-state index is 8.52. The van der Waals surface area contributed by atoms with Crippen LogP contribution >= 0.6 is 0 Å². The maximum absolute atomic E-state index is 8.52. The zero-order chi connectivity index (χ0) is 15.8. The average molecular weight is 272 g/mol. The monoisotopic (exact) mass is 272 g/mol. The number of hydrogen-bond acceptors (Lipinski definition) is 0. The van der Waals surface area contributed by atoms with E-state index in [-0.39, 0.29) is 0 Å². The van der Waals surface area contributed by atoms with Gasteiger partial charge in [-0.2, -0.15) is 0 Å². The van der Waals surface area contributed by atoms with Crippen LogP contribution in [-0.4, -0.2) is 8.07 Å². The fourth-order valence-corrected chi connectivity index (χ4v) is 3.23. The van der Waals surface area contributed by atoms with Crippen LogP contribution in [0.2, 0.25) is 19.6 Å². The molecular formula is C17H24NSi+. The normalized spacial score (nSPS) is 13.9. The highest BCUT2D eigenvalue weighted by Gasteiger charge is 2.16. The number of nitrogens with zero attached hydrogens (tertiary/aromatic N) is 1. The SMILES string of the molecule is [2H]C([2H])(c1ccc(C)c(-c2cccc[n+]2C)c1)[Si](C)(C)C. The number of benzene rings is 1. The smallest absolute Gasteiger partial charge is 0.201 e. The summed E-state index contributed by atoms with van der Waals surface area (Å²) in [5.74, 6) is -1.23. The van der Waals surface area contributed by atoms with Crippen LogP contribution in [0.15, 0.2) is 42.6 Å². The van der Waals surface area contributed by atoms with Gasteiger partial charge in [0.25, 0.3) is 0 Å². The molecule has 0 spiro atoms. The minimum absolute atomic E-state index is 0.797. The highest BCUT2D eigenvalue weighted by atomic mass is 28.3. The third-order valence-corrected chi connectivity index (χ3v) is 4.13. The van der Waals surface area contributed by atoms with Crippen molar-refractivity contribution in [1.82, 2.24) is 0 Å². The van der Waals surface area contributed by atoms with Crippen LogP contribution < -0.4 is 4.57 Å². The van der Waals surface area contributed by atoms with Crippen molar-refractivity contribution in [3.8, 4) is 11.3 Å². The molecule has 2 heteroatoms. The first kappa shape index (κ1) is 11.4. The lowest BCUT2D eigenvalue weighted by Gasteiger charge is -2.16. The number of aryl methyl sites for hydroxylation is 2.